The van der Waals surface area contributed by atoms with Crippen LogP contribution in [0.5, 0.6) is 0 Å². The summed E-state index contributed by atoms with van der Waals surface area (Å²) in [5, 5.41) is 51.1. The number of likely N-dealkylation sites (tertiary alicyclic amines) is 1. The van der Waals surface area contributed by atoms with E-state index in [0.29, 0.717) is 13.0 Å². The predicted molar refractivity (Wildman–Crippen MR) is 125 cm³/mol. The molecule has 0 saturated carbocycles. The van der Waals surface area contributed by atoms with Crippen molar-refractivity contribution in [2.45, 2.75) is 48.8 Å². The van der Waals surface area contributed by atoms with Crippen LogP contribution in [0.2, 0.25) is 0 Å². The summed E-state index contributed by atoms with van der Waals surface area (Å²) in [5.41, 5.74) is -0.0338. The normalized spacial score (nSPS) is 32.1. The topological polar surface area (TPSA) is 197 Å². The molecule has 4 fully saturated rings. The highest BCUT2D eigenvalue weighted by atomic mass is 16.5. The van der Waals surface area contributed by atoms with Crippen LogP contribution in [0.15, 0.2) is 24.3 Å². The first-order chi connectivity index (χ1) is 17.1. The maximum atomic E-state index is 13.2. The number of benzene rings is 1. The summed E-state index contributed by atoms with van der Waals surface area (Å²) in [6.45, 7) is 0.202. The van der Waals surface area contributed by atoms with E-state index in [9.17, 15) is 24.6 Å². The highest BCUT2D eigenvalue weighted by Crippen LogP contribution is 2.43. The molecule has 1 spiro atoms. The first-order valence-electron chi connectivity index (χ1n) is 11.8. The van der Waals surface area contributed by atoms with E-state index in [0.717, 1.165) is 16.2 Å². The average Bonchev–Trinajstić information content (AvgIpc) is 3.56. The second-order valence-corrected chi connectivity index (χ2v) is 9.76. The number of urea groups is 1. The van der Waals surface area contributed by atoms with Crippen molar-refractivity contribution in [3.63, 3.8) is 0 Å². The Labute approximate surface area is 205 Å². The number of carbonyl (C=O) groups excluding carboxylic acids is 3. The van der Waals surface area contributed by atoms with Gasteiger partial charge in [0.25, 0.3) is 0 Å². The van der Waals surface area contributed by atoms with E-state index in [2.05, 4.69) is 21.3 Å². The van der Waals surface area contributed by atoms with Crippen molar-refractivity contribution in [3.05, 3.63) is 29.8 Å². The van der Waals surface area contributed by atoms with Crippen molar-refractivity contribution < 1.29 is 24.6 Å². The van der Waals surface area contributed by atoms with E-state index < -0.39 is 35.6 Å². The van der Waals surface area contributed by atoms with Crippen LogP contribution in [0.4, 0.5) is 10.5 Å². The van der Waals surface area contributed by atoms with Crippen molar-refractivity contribution in [1.82, 2.24) is 31.1 Å². The van der Waals surface area contributed by atoms with Crippen LogP contribution in [0.25, 0.3) is 0 Å². The highest BCUT2D eigenvalue weighted by Gasteiger charge is 2.74. The Morgan fingerprint density at radius 1 is 1.11 bits per heavy atom. The zero-order valence-electron chi connectivity index (χ0n) is 19.2. The van der Waals surface area contributed by atoms with E-state index in [4.69, 9.17) is 10.8 Å². The number of hydrogen-bond acceptors (Lipinski definition) is 7. The fraction of sp³-hybridized carbons (Fsp3) is 0.500. The van der Waals surface area contributed by atoms with E-state index in [1.807, 2.05) is 24.3 Å². The van der Waals surface area contributed by atoms with E-state index >= 15 is 0 Å². The molecule has 14 nitrogen and oxygen atoms in total. The molecule has 5 aliphatic heterocycles. The van der Waals surface area contributed by atoms with Gasteiger partial charge in [-0.2, -0.15) is 0 Å². The number of para-hydroxylation sites is 1. The maximum Gasteiger partial charge on any atom is 0.322 e. The van der Waals surface area contributed by atoms with E-state index in [1.54, 1.807) is 0 Å². The van der Waals surface area contributed by atoms with Crippen LogP contribution in [0, 0.1) is 10.8 Å². The lowest BCUT2D eigenvalue weighted by Crippen LogP contribution is -2.81. The van der Waals surface area contributed by atoms with Crippen LogP contribution in [-0.2, 0) is 16.0 Å². The number of nitrogens with one attached hydrogen (secondary N) is 6. The van der Waals surface area contributed by atoms with Gasteiger partial charge in [0.15, 0.2) is 17.6 Å². The Morgan fingerprint density at radius 3 is 2.58 bits per heavy atom. The number of amides is 4. The molecular formula is C22H27N9O5. The molecule has 4 amide bonds. The predicted octanol–water partition coefficient (Wildman–Crippen LogP) is -2.63. The van der Waals surface area contributed by atoms with Gasteiger partial charge in [0.1, 0.15) is 6.04 Å². The Hall–Kier alpha value is -3.91. The zero-order valence-corrected chi connectivity index (χ0v) is 19.2. The molecule has 1 aromatic carbocycles. The minimum atomic E-state index is -2.63. The summed E-state index contributed by atoms with van der Waals surface area (Å²) in [4.78, 5) is 41.6. The minimum Gasteiger partial charge on any atom is -0.361 e. The van der Waals surface area contributed by atoms with Gasteiger partial charge in [0, 0.05) is 31.6 Å². The highest BCUT2D eigenvalue weighted by molar-refractivity contribution is 6.02. The third-order valence-corrected chi connectivity index (χ3v) is 7.86. The Balaban J connectivity index is 1.29. The molecule has 14 heteroatoms. The van der Waals surface area contributed by atoms with Gasteiger partial charge in [-0.3, -0.25) is 30.2 Å². The van der Waals surface area contributed by atoms with Gasteiger partial charge in [-0.1, -0.05) is 18.2 Å². The molecule has 190 valence electrons. The third-order valence-electron chi connectivity index (χ3n) is 7.86. The number of hydrogen-bond donors (Lipinski definition) is 8. The van der Waals surface area contributed by atoms with E-state index in [1.165, 1.54) is 9.80 Å². The van der Waals surface area contributed by atoms with Crippen molar-refractivity contribution in [2.24, 2.45) is 0 Å². The number of carbonyl (C=O) groups is 3. The second-order valence-electron chi connectivity index (χ2n) is 9.76. The number of anilines is 1. The minimum absolute atomic E-state index is 0.101. The lowest BCUT2D eigenvalue weighted by Gasteiger charge is -2.51. The smallest absolute Gasteiger partial charge is 0.322 e. The molecule has 4 saturated heterocycles. The van der Waals surface area contributed by atoms with Crippen LogP contribution < -0.4 is 26.2 Å². The van der Waals surface area contributed by atoms with Gasteiger partial charge in [0.05, 0.1) is 18.6 Å². The summed E-state index contributed by atoms with van der Waals surface area (Å²) < 4.78 is 0. The summed E-state index contributed by atoms with van der Waals surface area (Å²) in [6, 6.07) is 4.04. The van der Waals surface area contributed by atoms with Gasteiger partial charge in [-0.05, 0) is 18.1 Å². The Bertz CT molecular complexity index is 1190. The number of nitrogens with zero attached hydrogens (tertiary/aromatic N) is 3. The molecular weight excluding hydrogens is 470 g/mol. The van der Waals surface area contributed by atoms with E-state index in [-0.39, 0.29) is 49.7 Å². The molecule has 5 aliphatic rings. The Kier molecular flexibility index (Phi) is 4.72. The monoisotopic (exact) mass is 497 g/mol. The fourth-order valence-corrected chi connectivity index (χ4v) is 6.13. The average molecular weight is 498 g/mol. The van der Waals surface area contributed by atoms with Crippen molar-refractivity contribution in [2.75, 3.05) is 24.5 Å². The van der Waals surface area contributed by atoms with Gasteiger partial charge in [-0.15, -0.1) is 0 Å². The molecule has 0 radical (unpaired) electrons. The third kappa shape index (κ3) is 2.94. The lowest BCUT2D eigenvalue weighted by molar-refractivity contribution is -0.232. The molecule has 0 aromatic heterocycles. The number of imide groups is 1. The molecule has 6 rings (SSSR count). The van der Waals surface area contributed by atoms with Crippen LogP contribution >= 0.6 is 0 Å². The fourth-order valence-electron chi connectivity index (χ4n) is 6.13. The Morgan fingerprint density at radius 2 is 1.83 bits per heavy atom. The number of fused-ring (bicyclic) bond motifs is 1. The molecule has 1 aromatic rings. The van der Waals surface area contributed by atoms with Crippen LogP contribution in [0.1, 0.15) is 18.4 Å². The van der Waals surface area contributed by atoms with Gasteiger partial charge >= 0.3 is 6.03 Å². The summed E-state index contributed by atoms with van der Waals surface area (Å²) in [5.74, 6) is -3.71. The largest absolute Gasteiger partial charge is 0.361 e. The van der Waals surface area contributed by atoms with Gasteiger partial charge < -0.3 is 36.4 Å². The molecule has 36 heavy (non-hydrogen) atoms. The standard InChI is InChI=1S/C22H27N9O5/c23-18-27-17-12(9-30-15(32)5-6-16(30)33)25-19(24)31-10-14(22(35,36)21(17,31)28-18)26-20(34)29-8-7-11-3-1-2-4-13(11)29/h1-4,12,14,17,35-36H,5-10H2,(H2,24,25)(H,26,34)(H3,23,27,28)/t12-,14?,17-,21-/m0/s1. The maximum absolute atomic E-state index is 13.2. The molecule has 5 heterocycles. The van der Waals surface area contributed by atoms with Gasteiger partial charge in [-0.25, -0.2) is 4.79 Å². The zero-order chi connectivity index (χ0) is 25.4. The van der Waals surface area contributed by atoms with Crippen molar-refractivity contribution >= 4 is 35.5 Å². The molecule has 0 aliphatic carbocycles. The molecule has 0 bridgehead atoms. The van der Waals surface area contributed by atoms with Crippen LogP contribution in [-0.4, -0.2) is 99.0 Å². The summed E-state index contributed by atoms with van der Waals surface area (Å²) in [6.07, 6.45) is 0.886. The molecule has 8 N–H and O–H groups in total. The van der Waals surface area contributed by atoms with Crippen molar-refractivity contribution in [1.29, 1.82) is 10.8 Å². The summed E-state index contributed by atoms with van der Waals surface area (Å²) >= 11 is 0. The quantitative estimate of drug-likeness (QED) is 0.163. The first-order valence-corrected chi connectivity index (χ1v) is 11.8. The molecule has 4 atom stereocenters. The second kappa shape index (κ2) is 7.54. The first kappa shape index (κ1) is 22.5. The number of aliphatic hydroxyl groups is 2. The van der Waals surface area contributed by atoms with Crippen molar-refractivity contribution in [3.8, 4) is 0 Å². The summed E-state index contributed by atoms with van der Waals surface area (Å²) in [7, 11) is 0. The van der Waals surface area contributed by atoms with Crippen LogP contribution in [0.3, 0.4) is 0 Å². The SMILES string of the molecule is N=C1N[C@H]2[C@H](CN3C(=O)CCC3=O)NC(=N)N3CC(NC(=O)N4CCc5ccccc54)C(O)(O)[C@]23N1. The molecule has 1 unspecified atom stereocenters. The van der Waals surface area contributed by atoms with Gasteiger partial charge in [0.2, 0.25) is 17.6 Å². The lowest BCUT2D eigenvalue weighted by atomic mass is 9.84. The number of guanidine groups is 2. The number of rotatable bonds is 3.